The summed E-state index contributed by atoms with van der Waals surface area (Å²) in [5.74, 6) is 1.23. The lowest BCUT2D eigenvalue weighted by molar-refractivity contribution is -0.125. The van der Waals surface area contributed by atoms with Gasteiger partial charge in [-0.2, -0.15) is 4.68 Å². The molecule has 0 bridgehead atoms. The highest BCUT2D eigenvalue weighted by Crippen LogP contribution is 2.23. The Morgan fingerprint density at radius 2 is 2.17 bits per heavy atom. The topological polar surface area (TPSA) is 80.4 Å². The van der Waals surface area contributed by atoms with E-state index in [9.17, 15) is 9.59 Å². The third-order valence-corrected chi connectivity index (χ3v) is 5.73. The normalized spacial score (nSPS) is 16.5. The molecule has 1 aliphatic rings. The van der Waals surface area contributed by atoms with Crippen LogP contribution in [0.2, 0.25) is 5.02 Å². The van der Waals surface area contributed by atoms with Crippen LogP contribution < -0.4 is 15.8 Å². The molecule has 30 heavy (non-hydrogen) atoms. The molecular formula is C22H23ClN4O3. The minimum atomic E-state index is -0.233. The summed E-state index contributed by atoms with van der Waals surface area (Å²) in [6, 6.07) is 12.2. The zero-order valence-corrected chi connectivity index (χ0v) is 17.4. The number of rotatable bonds is 5. The minimum Gasteiger partial charge on any atom is -0.467 e. The number of nitrogens with zero attached hydrogens (tertiary/aromatic N) is 3. The molecule has 1 saturated heterocycles. The average Bonchev–Trinajstić information content (AvgIpc) is 3.28. The summed E-state index contributed by atoms with van der Waals surface area (Å²) < 4.78 is 6.62. The van der Waals surface area contributed by atoms with Gasteiger partial charge >= 0.3 is 0 Å². The predicted molar refractivity (Wildman–Crippen MR) is 115 cm³/mol. The first-order valence-electron chi connectivity index (χ1n) is 9.93. The van der Waals surface area contributed by atoms with Crippen LogP contribution >= 0.6 is 11.6 Å². The molecule has 2 aromatic heterocycles. The maximum Gasteiger partial charge on any atom is 0.271 e. The second kappa shape index (κ2) is 8.75. The maximum atomic E-state index is 12.6. The van der Waals surface area contributed by atoms with Crippen molar-refractivity contribution in [1.29, 1.82) is 0 Å². The summed E-state index contributed by atoms with van der Waals surface area (Å²) in [6.45, 7) is 3.61. The van der Waals surface area contributed by atoms with E-state index >= 15 is 0 Å². The number of hydrogen-bond donors (Lipinski definition) is 1. The first-order chi connectivity index (χ1) is 14.5. The maximum absolute atomic E-state index is 12.6. The summed E-state index contributed by atoms with van der Waals surface area (Å²) in [7, 11) is 0. The highest BCUT2D eigenvalue weighted by atomic mass is 35.5. The van der Waals surface area contributed by atoms with Gasteiger partial charge in [0, 0.05) is 24.2 Å². The van der Waals surface area contributed by atoms with E-state index in [2.05, 4.69) is 10.4 Å². The molecule has 1 aliphatic heterocycles. The van der Waals surface area contributed by atoms with Crippen molar-refractivity contribution >= 4 is 23.3 Å². The van der Waals surface area contributed by atoms with Crippen LogP contribution in [0.5, 0.6) is 0 Å². The van der Waals surface area contributed by atoms with Gasteiger partial charge in [-0.05, 0) is 55.7 Å². The lowest BCUT2D eigenvalue weighted by Crippen LogP contribution is -2.43. The summed E-state index contributed by atoms with van der Waals surface area (Å²) in [5.41, 5.74) is 1.31. The van der Waals surface area contributed by atoms with Gasteiger partial charge in [0.1, 0.15) is 11.6 Å². The summed E-state index contributed by atoms with van der Waals surface area (Å²) in [5, 5.41) is 8.06. The number of furan rings is 1. The number of halogens is 1. The first-order valence-corrected chi connectivity index (χ1v) is 10.3. The second-order valence-electron chi connectivity index (χ2n) is 7.46. The highest BCUT2D eigenvalue weighted by Gasteiger charge is 2.27. The third kappa shape index (κ3) is 4.41. The Bertz CT molecular complexity index is 1090. The van der Waals surface area contributed by atoms with Crippen molar-refractivity contribution in [2.45, 2.75) is 26.3 Å². The lowest BCUT2D eigenvalue weighted by atomic mass is 9.97. The minimum absolute atomic E-state index is 0.00487. The van der Waals surface area contributed by atoms with E-state index < -0.39 is 0 Å². The Balaban J connectivity index is 1.50. The molecule has 1 aromatic carbocycles. The molecule has 1 unspecified atom stereocenters. The lowest BCUT2D eigenvalue weighted by Gasteiger charge is -2.32. The molecule has 8 heteroatoms. The van der Waals surface area contributed by atoms with Gasteiger partial charge in [0.2, 0.25) is 5.91 Å². The molecular weight excluding hydrogens is 404 g/mol. The van der Waals surface area contributed by atoms with E-state index in [4.69, 9.17) is 16.0 Å². The molecule has 0 saturated carbocycles. The van der Waals surface area contributed by atoms with Crippen molar-refractivity contribution in [3.8, 4) is 5.69 Å². The monoisotopic (exact) mass is 426 g/mol. The van der Waals surface area contributed by atoms with Crippen molar-refractivity contribution in [3.05, 3.63) is 75.4 Å². The van der Waals surface area contributed by atoms with Crippen molar-refractivity contribution in [2.75, 3.05) is 18.0 Å². The Labute approximate surface area is 179 Å². The Morgan fingerprint density at radius 3 is 2.93 bits per heavy atom. The van der Waals surface area contributed by atoms with Gasteiger partial charge < -0.3 is 14.6 Å². The van der Waals surface area contributed by atoms with E-state index in [1.807, 2.05) is 30.0 Å². The van der Waals surface area contributed by atoms with Crippen LogP contribution in [0.15, 0.2) is 57.9 Å². The summed E-state index contributed by atoms with van der Waals surface area (Å²) in [4.78, 5) is 27.0. The predicted octanol–water partition coefficient (Wildman–Crippen LogP) is 3.32. The van der Waals surface area contributed by atoms with Gasteiger partial charge in [0.15, 0.2) is 0 Å². The van der Waals surface area contributed by atoms with Crippen LogP contribution in [0.4, 0.5) is 5.82 Å². The quantitative estimate of drug-likeness (QED) is 0.677. The number of nitrogens with one attached hydrogen (secondary N) is 1. The van der Waals surface area contributed by atoms with Crippen LogP contribution in [0.3, 0.4) is 0 Å². The molecule has 0 aliphatic carbocycles. The van der Waals surface area contributed by atoms with E-state index in [0.717, 1.165) is 30.7 Å². The first kappa shape index (κ1) is 20.2. The van der Waals surface area contributed by atoms with Crippen LogP contribution in [0.25, 0.3) is 5.69 Å². The number of carbonyl (C=O) groups excluding carboxylic acids is 1. The second-order valence-corrected chi connectivity index (χ2v) is 7.86. The van der Waals surface area contributed by atoms with Gasteiger partial charge in [-0.3, -0.25) is 9.59 Å². The van der Waals surface area contributed by atoms with Crippen molar-refractivity contribution in [2.24, 2.45) is 5.92 Å². The molecule has 1 atom stereocenters. The van der Waals surface area contributed by atoms with E-state index in [1.54, 1.807) is 24.5 Å². The molecule has 1 amide bonds. The Kier molecular flexibility index (Phi) is 5.90. The Morgan fingerprint density at radius 1 is 1.30 bits per heavy atom. The molecule has 0 spiro atoms. The number of aryl methyl sites for hydroxylation is 1. The zero-order valence-electron chi connectivity index (χ0n) is 16.7. The van der Waals surface area contributed by atoms with Crippen LogP contribution in [-0.2, 0) is 11.3 Å². The van der Waals surface area contributed by atoms with E-state index in [0.29, 0.717) is 29.6 Å². The highest BCUT2D eigenvalue weighted by molar-refractivity contribution is 6.31. The number of aromatic nitrogens is 2. The molecule has 156 valence electrons. The fourth-order valence-electron chi connectivity index (χ4n) is 3.60. The van der Waals surface area contributed by atoms with Gasteiger partial charge in [-0.25, -0.2) is 0 Å². The van der Waals surface area contributed by atoms with Crippen LogP contribution in [-0.4, -0.2) is 28.8 Å². The van der Waals surface area contributed by atoms with Gasteiger partial charge in [0.05, 0.1) is 24.4 Å². The van der Waals surface area contributed by atoms with Crippen molar-refractivity contribution in [1.82, 2.24) is 15.1 Å². The SMILES string of the molecule is Cc1ccc(-n2nc(N3CCCC(C(=O)NCc4ccco4)C3)ccc2=O)cc1Cl. The van der Waals surface area contributed by atoms with E-state index in [1.165, 1.54) is 10.7 Å². The smallest absolute Gasteiger partial charge is 0.271 e. The number of carbonyl (C=O) groups is 1. The van der Waals surface area contributed by atoms with Crippen LogP contribution in [0, 0.1) is 12.8 Å². The fourth-order valence-corrected chi connectivity index (χ4v) is 3.77. The van der Waals surface area contributed by atoms with Gasteiger partial charge in [0.25, 0.3) is 5.56 Å². The average molecular weight is 427 g/mol. The Hall–Kier alpha value is -3.06. The molecule has 7 nitrogen and oxygen atoms in total. The number of amides is 1. The molecule has 1 N–H and O–H groups in total. The van der Waals surface area contributed by atoms with Crippen LogP contribution in [0.1, 0.15) is 24.2 Å². The zero-order chi connectivity index (χ0) is 21.1. The molecule has 0 radical (unpaired) electrons. The summed E-state index contributed by atoms with van der Waals surface area (Å²) >= 11 is 6.22. The number of anilines is 1. The summed E-state index contributed by atoms with van der Waals surface area (Å²) in [6.07, 6.45) is 3.27. The molecule has 4 rings (SSSR count). The fraction of sp³-hybridized carbons (Fsp3) is 0.318. The van der Waals surface area contributed by atoms with Crippen molar-refractivity contribution in [3.63, 3.8) is 0 Å². The van der Waals surface area contributed by atoms with E-state index in [-0.39, 0.29) is 17.4 Å². The standard InChI is InChI=1S/C22H23ClN4O3/c1-15-6-7-17(12-19(15)23)27-21(28)9-8-20(25-27)26-10-2-4-16(14-26)22(29)24-13-18-5-3-11-30-18/h3,5-9,11-12,16H,2,4,10,13-14H2,1H3,(H,24,29). The molecule has 3 heterocycles. The van der Waals surface area contributed by atoms with Gasteiger partial charge in [-0.1, -0.05) is 17.7 Å². The molecule has 1 fully saturated rings. The third-order valence-electron chi connectivity index (χ3n) is 5.32. The number of benzene rings is 1. The van der Waals surface area contributed by atoms with Gasteiger partial charge in [-0.15, -0.1) is 5.10 Å². The number of hydrogen-bond acceptors (Lipinski definition) is 5. The largest absolute Gasteiger partial charge is 0.467 e. The number of piperidine rings is 1. The molecule has 3 aromatic rings. The van der Waals surface area contributed by atoms with Crippen molar-refractivity contribution < 1.29 is 9.21 Å².